The third-order valence-corrected chi connectivity index (χ3v) is 3.20. The highest BCUT2D eigenvalue weighted by Crippen LogP contribution is 2.22. The molecule has 1 heterocycles. The number of hydrogen-bond acceptors (Lipinski definition) is 3. The predicted molar refractivity (Wildman–Crippen MR) is 58.5 cm³/mol. The maximum Gasteiger partial charge on any atom is 0.255 e. The highest BCUT2D eigenvalue weighted by molar-refractivity contribution is 7.79. The molecule has 0 bridgehead atoms. The van der Waals surface area contributed by atoms with Crippen molar-refractivity contribution >= 4 is 22.7 Å². The summed E-state index contributed by atoms with van der Waals surface area (Å²) in [5, 5.41) is 9.29. The average Bonchev–Trinajstić information content (AvgIpc) is 2.60. The fraction of sp³-hybridized carbons (Fsp3) is 0.300. The van der Waals surface area contributed by atoms with Gasteiger partial charge in [-0.3, -0.25) is 4.79 Å². The lowest BCUT2D eigenvalue weighted by atomic mass is 10.3. The Labute approximate surface area is 95.0 Å². The summed E-state index contributed by atoms with van der Waals surface area (Å²) in [6.07, 6.45) is -0.501. The van der Waals surface area contributed by atoms with Gasteiger partial charge in [0.15, 0.2) is 11.1 Å². The van der Waals surface area contributed by atoms with Crippen molar-refractivity contribution in [1.82, 2.24) is 0 Å². The summed E-state index contributed by atoms with van der Waals surface area (Å²) in [4.78, 5) is 13.2. The van der Waals surface area contributed by atoms with E-state index in [1.165, 1.54) is 17.0 Å². The number of amides is 1. The van der Waals surface area contributed by atoms with E-state index in [-0.39, 0.29) is 10.8 Å². The van der Waals surface area contributed by atoms with E-state index in [4.69, 9.17) is 4.55 Å². The molecule has 2 rings (SSSR count). The van der Waals surface area contributed by atoms with Crippen molar-refractivity contribution in [2.45, 2.75) is 17.4 Å². The van der Waals surface area contributed by atoms with Crippen LogP contribution < -0.4 is 4.90 Å². The van der Waals surface area contributed by atoms with Crippen LogP contribution in [0, 0.1) is 0 Å². The third kappa shape index (κ3) is 1.99. The molecule has 1 saturated heterocycles. The molecule has 16 heavy (non-hydrogen) atoms. The van der Waals surface area contributed by atoms with Crippen LogP contribution in [-0.2, 0) is 15.9 Å². The van der Waals surface area contributed by atoms with Crippen molar-refractivity contribution in [3.63, 3.8) is 0 Å². The summed E-state index contributed by atoms with van der Waals surface area (Å²) in [7, 11) is 0. The van der Waals surface area contributed by atoms with Crippen LogP contribution in [0.15, 0.2) is 29.2 Å². The van der Waals surface area contributed by atoms with Crippen LogP contribution in [-0.4, -0.2) is 32.4 Å². The molecule has 86 valence electrons. The summed E-state index contributed by atoms with van der Waals surface area (Å²) < 4.78 is 19.6. The Morgan fingerprint density at radius 3 is 2.38 bits per heavy atom. The first-order valence-electron chi connectivity index (χ1n) is 4.80. The van der Waals surface area contributed by atoms with Gasteiger partial charge in [0.25, 0.3) is 5.91 Å². The van der Waals surface area contributed by atoms with E-state index in [2.05, 4.69) is 0 Å². The Kier molecular flexibility index (Phi) is 3.04. The minimum absolute atomic E-state index is 0.288. The number of benzene rings is 1. The molecular weight excluding hydrogens is 230 g/mol. The molecule has 1 fully saturated rings. The average molecular weight is 241 g/mol. The Morgan fingerprint density at radius 1 is 1.31 bits per heavy atom. The summed E-state index contributed by atoms with van der Waals surface area (Å²) in [5.41, 5.74) is 0.635. The SMILES string of the molecule is O=C1[C@H](O)CCN1c1ccc(S(=O)O)cc1. The third-order valence-electron chi connectivity index (χ3n) is 2.53. The van der Waals surface area contributed by atoms with Gasteiger partial charge in [0, 0.05) is 18.7 Å². The lowest BCUT2D eigenvalue weighted by Gasteiger charge is -2.15. The molecule has 0 spiro atoms. The number of carbonyl (C=O) groups excluding carboxylic acids is 1. The number of aliphatic hydroxyl groups is 1. The molecule has 2 atom stereocenters. The second kappa shape index (κ2) is 4.32. The van der Waals surface area contributed by atoms with Gasteiger partial charge in [0.2, 0.25) is 0 Å². The highest BCUT2D eigenvalue weighted by atomic mass is 32.2. The fourth-order valence-corrected chi connectivity index (χ4v) is 2.03. The van der Waals surface area contributed by atoms with Gasteiger partial charge in [0.05, 0.1) is 4.90 Å². The molecular formula is C10H11NO4S. The molecule has 0 aromatic heterocycles. The molecule has 1 amide bonds. The fourth-order valence-electron chi connectivity index (χ4n) is 1.66. The Morgan fingerprint density at radius 2 is 1.94 bits per heavy atom. The summed E-state index contributed by atoms with van der Waals surface area (Å²) in [5.74, 6) is -0.321. The minimum Gasteiger partial charge on any atom is -0.383 e. The van der Waals surface area contributed by atoms with Crippen LogP contribution in [0.4, 0.5) is 5.69 Å². The number of carbonyl (C=O) groups is 1. The minimum atomic E-state index is -2.01. The van der Waals surface area contributed by atoms with Crippen LogP contribution in [0.25, 0.3) is 0 Å². The molecule has 6 heteroatoms. The summed E-state index contributed by atoms with van der Waals surface area (Å²) in [6.45, 7) is 0.474. The van der Waals surface area contributed by atoms with Crippen molar-refractivity contribution in [2.24, 2.45) is 0 Å². The zero-order chi connectivity index (χ0) is 11.7. The van der Waals surface area contributed by atoms with Crippen LogP contribution in [0.3, 0.4) is 0 Å². The van der Waals surface area contributed by atoms with E-state index in [1.807, 2.05) is 0 Å². The van der Waals surface area contributed by atoms with Crippen molar-refractivity contribution in [3.8, 4) is 0 Å². The van der Waals surface area contributed by atoms with E-state index in [9.17, 15) is 14.1 Å². The number of hydrogen-bond donors (Lipinski definition) is 2. The van der Waals surface area contributed by atoms with Gasteiger partial charge >= 0.3 is 0 Å². The molecule has 1 aromatic rings. The molecule has 1 aromatic carbocycles. The maximum atomic E-state index is 11.5. The highest BCUT2D eigenvalue weighted by Gasteiger charge is 2.30. The first-order valence-corrected chi connectivity index (χ1v) is 5.90. The van der Waals surface area contributed by atoms with Gasteiger partial charge in [-0.15, -0.1) is 0 Å². The first-order chi connectivity index (χ1) is 7.59. The molecule has 0 saturated carbocycles. The van der Waals surface area contributed by atoms with Crippen LogP contribution in [0.5, 0.6) is 0 Å². The molecule has 5 nitrogen and oxygen atoms in total. The van der Waals surface area contributed by atoms with Gasteiger partial charge in [-0.2, -0.15) is 0 Å². The lowest BCUT2D eigenvalue weighted by Crippen LogP contribution is -2.28. The molecule has 0 aliphatic carbocycles. The summed E-state index contributed by atoms with van der Waals surface area (Å²) >= 11 is -2.01. The quantitative estimate of drug-likeness (QED) is 0.733. The smallest absolute Gasteiger partial charge is 0.255 e. The molecule has 1 aliphatic heterocycles. The van der Waals surface area contributed by atoms with Crippen molar-refractivity contribution in [1.29, 1.82) is 0 Å². The molecule has 1 aliphatic rings. The van der Waals surface area contributed by atoms with E-state index in [0.29, 0.717) is 18.7 Å². The van der Waals surface area contributed by atoms with Crippen molar-refractivity contribution in [3.05, 3.63) is 24.3 Å². The molecule has 1 unspecified atom stereocenters. The largest absolute Gasteiger partial charge is 0.383 e. The summed E-state index contributed by atoms with van der Waals surface area (Å²) in [6, 6.07) is 6.17. The second-order valence-corrected chi connectivity index (χ2v) is 4.51. The monoisotopic (exact) mass is 241 g/mol. The van der Waals surface area contributed by atoms with E-state index < -0.39 is 17.2 Å². The van der Waals surface area contributed by atoms with Gasteiger partial charge in [-0.05, 0) is 24.3 Å². The van der Waals surface area contributed by atoms with Gasteiger partial charge in [-0.25, -0.2) is 4.21 Å². The second-order valence-electron chi connectivity index (χ2n) is 3.54. The van der Waals surface area contributed by atoms with Gasteiger partial charge < -0.3 is 14.6 Å². The zero-order valence-electron chi connectivity index (χ0n) is 8.37. The Hall–Kier alpha value is -1.24. The van der Waals surface area contributed by atoms with E-state index in [1.54, 1.807) is 12.1 Å². The number of anilines is 1. The van der Waals surface area contributed by atoms with Crippen molar-refractivity contribution in [2.75, 3.05) is 11.4 Å². The molecule has 0 radical (unpaired) electrons. The number of nitrogens with zero attached hydrogens (tertiary/aromatic N) is 1. The Balaban J connectivity index is 2.22. The van der Waals surface area contributed by atoms with Crippen molar-refractivity contribution < 1.29 is 18.7 Å². The predicted octanol–water partition coefficient (Wildman–Crippen LogP) is 0.365. The number of aliphatic hydroxyl groups excluding tert-OH is 1. The molecule has 2 N–H and O–H groups in total. The van der Waals surface area contributed by atoms with E-state index >= 15 is 0 Å². The van der Waals surface area contributed by atoms with Gasteiger partial charge in [0.1, 0.15) is 6.10 Å². The Bertz CT molecular complexity index is 431. The standard InChI is InChI=1S/C10H11NO4S/c12-9-5-6-11(10(9)13)7-1-3-8(4-2-7)16(14)15/h1-4,9,12H,5-6H2,(H,14,15)/t9-/m1/s1. The van der Waals surface area contributed by atoms with Gasteiger partial charge in [-0.1, -0.05) is 0 Å². The van der Waals surface area contributed by atoms with Crippen LogP contribution in [0.2, 0.25) is 0 Å². The topological polar surface area (TPSA) is 77.8 Å². The number of rotatable bonds is 2. The van der Waals surface area contributed by atoms with Crippen LogP contribution in [0.1, 0.15) is 6.42 Å². The lowest BCUT2D eigenvalue weighted by molar-refractivity contribution is -0.123. The van der Waals surface area contributed by atoms with E-state index in [0.717, 1.165) is 0 Å². The van der Waals surface area contributed by atoms with Crippen LogP contribution >= 0.6 is 0 Å². The normalized spacial score (nSPS) is 22.5. The first kappa shape index (κ1) is 11.3. The maximum absolute atomic E-state index is 11.5. The zero-order valence-corrected chi connectivity index (χ0v) is 9.18.